The van der Waals surface area contributed by atoms with Crippen LogP contribution < -0.4 is 4.74 Å². The minimum absolute atomic E-state index is 0.270. The third-order valence-corrected chi connectivity index (χ3v) is 3.91. The Hall–Kier alpha value is -1.55. The highest BCUT2D eigenvalue weighted by molar-refractivity contribution is 5.87. The number of nitrogens with zero attached hydrogens (tertiary/aromatic N) is 1. The first kappa shape index (κ1) is 15.8. The molecule has 0 saturated carbocycles. The maximum atomic E-state index is 10.9. The second kappa shape index (κ2) is 7.46. The van der Waals surface area contributed by atoms with Crippen molar-refractivity contribution in [1.82, 2.24) is 4.90 Å². The molecule has 1 aromatic rings. The predicted molar refractivity (Wildman–Crippen MR) is 82.9 cm³/mol. The second-order valence-corrected chi connectivity index (χ2v) is 6.24. The SMILES string of the molecule is C[C@@H]1C[C@H](C)CN(CCCOc2cccc(C(=O)O)c2)C1. The smallest absolute Gasteiger partial charge is 0.335 e. The molecule has 2 rings (SSSR count). The van der Waals surface area contributed by atoms with Crippen LogP contribution in [0.3, 0.4) is 0 Å². The molecule has 0 amide bonds. The first-order valence-electron chi connectivity index (χ1n) is 7.73. The van der Waals surface area contributed by atoms with Crippen molar-refractivity contribution in [3.05, 3.63) is 29.8 Å². The number of carboxylic acids is 1. The fourth-order valence-corrected chi connectivity index (χ4v) is 3.17. The molecule has 0 unspecified atom stereocenters. The molecular weight excluding hydrogens is 266 g/mol. The molecule has 21 heavy (non-hydrogen) atoms. The summed E-state index contributed by atoms with van der Waals surface area (Å²) < 4.78 is 5.65. The highest BCUT2D eigenvalue weighted by Gasteiger charge is 2.20. The van der Waals surface area contributed by atoms with Crippen molar-refractivity contribution in [2.75, 3.05) is 26.2 Å². The molecule has 1 aliphatic rings. The summed E-state index contributed by atoms with van der Waals surface area (Å²) in [5.74, 6) is 1.27. The van der Waals surface area contributed by atoms with Crippen molar-refractivity contribution in [1.29, 1.82) is 0 Å². The first-order valence-corrected chi connectivity index (χ1v) is 7.73. The predicted octanol–water partition coefficient (Wildman–Crippen LogP) is 3.13. The number of ether oxygens (including phenoxy) is 1. The largest absolute Gasteiger partial charge is 0.494 e. The van der Waals surface area contributed by atoms with E-state index in [2.05, 4.69) is 18.7 Å². The fraction of sp³-hybridized carbons (Fsp3) is 0.588. The number of hydrogen-bond donors (Lipinski definition) is 1. The Balaban J connectivity index is 1.72. The van der Waals surface area contributed by atoms with Crippen LogP contribution in [-0.2, 0) is 0 Å². The molecule has 0 bridgehead atoms. The summed E-state index contributed by atoms with van der Waals surface area (Å²) in [6, 6.07) is 6.67. The van der Waals surface area contributed by atoms with E-state index in [0.717, 1.165) is 24.8 Å². The van der Waals surface area contributed by atoms with Gasteiger partial charge in [-0.25, -0.2) is 4.79 Å². The zero-order valence-corrected chi connectivity index (χ0v) is 12.9. The molecule has 1 aliphatic heterocycles. The van der Waals surface area contributed by atoms with E-state index in [1.807, 2.05) is 0 Å². The van der Waals surface area contributed by atoms with Gasteiger partial charge in [0.25, 0.3) is 0 Å². The number of piperidine rings is 1. The Morgan fingerprint density at radius 2 is 2.05 bits per heavy atom. The monoisotopic (exact) mass is 291 g/mol. The Bertz CT molecular complexity index is 465. The van der Waals surface area contributed by atoms with Crippen LogP contribution in [-0.4, -0.2) is 42.2 Å². The molecule has 2 atom stereocenters. The lowest BCUT2D eigenvalue weighted by Crippen LogP contribution is -2.39. The normalized spacial score (nSPS) is 23.0. The Labute approximate surface area is 126 Å². The van der Waals surface area contributed by atoms with Gasteiger partial charge in [0.05, 0.1) is 12.2 Å². The first-order chi connectivity index (χ1) is 10.0. The minimum Gasteiger partial charge on any atom is -0.494 e. The Morgan fingerprint density at radius 1 is 1.33 bits per heavy atom. The van der Waals surface area contributed by atoms with Crippen molar-refractivity contribution in [2.24, 2.45) is 11.8 Å². The minimum atomic E-state index is -0.920. The molecule has 1 fully saturated rings. The van der Waals surface area contributed by atoms with Crippen LogP contribution in [0, 0.1) is 11.8 Å². The Kier molecular flexibility index (Phi) is 5.62. The lowest BCUT2D eigenvalue weighted by atomic mass is 9.92. The summed E-state index contributed by atoms with van der Waals surface area (Å²) in [6.45, 7) is 8.67. The summed E-state index contributed by atoms with van der Waals surface area (Å²) in [6.07, 6.45) is 2.30. The maximum absolute atomic E-state index is 10.9. The molecule has 0 aliphatic carbocycles. The molecule has 1 N–H and O–H groups in total. The topological polar surface area (TPSA) is 49.8 Å². The van der Waals surface area contributed by atoms with Crippen LogP contribution in [0.25, 0.3) is 0 Å². The fourth-order valence-electron chi connectivity index (χ4n) is 3.17. The summed E-state index contributed by atoms with van der Waals surface area (Å²) >= 11 is 0. The molecule has 1 heterocycles. The number of aromatic carboxylic acids is 1. The number of carboxylic acid groups (broad SMARTS) is 1. The molecule has 1 saturated heterocycles. The zero-order valence-electron chi connectivity index (χ0n) is 12.9. The lowest BCUT2D eigenvalue weighted by Gasteiger charge is -2.34. The molecular formula is C17H25NO3. The average molecular weight is 291 g/mol. The summed E-state index contributed by atoms with van der Waals surface area (Å²) in [4.78, 5) is 13.4. The van der Waals surface area contributed by atoms with E-state index in [9.17, 15) is 4.79 Å². The lowest BCUT2D eigenvalue weighted by molar-refractivity contribution is 0.0696. The molecule has 0 radical (unpaired) electrons. The number of rotatable bonds is 6. The average Bonchev–Trinajstić information content (AvgIpc) is 2.43. The van der Waals surface area contributed by atoms with Crippen LogP contribution in [0.5, 0.6) is 5.75 Å². The molecule has 4 heteroatoms. The number of hydrogen-bond acceptors (Lipinski definition) is 3. The van der Waals surface area contributed by atoms with Gasteiger partial charge in [0.1, 0.15) is 5.75 Å². The van der Waals surface area contributed by atoms with E-state index in [4.69, 9.17) is 9.84 Å². The quantitative estimate of drug-likeness (QED) is 0.818. The van der Waals surface area contributed by atoms with Gasteiger partial charge in [-0.3, -0.25) is 0 Å². The third-order valence-electron chi connectivity index (χ3n) is 3.91. The molecule has 1 aromatic carbocycles. The molecule has 4 nitrogen and oxygen atoms in total. The number of likely N-dealkylation sites (tertiary alicyclic amines) is 1. The van der Waals surface area contributed by atoms with Crippen molar-refractivity contribution in [3.8, 4) is 5.75 Å². The van der Waals surface area contributed by atoms with Gasteiger partial charge in [-0.2, -0.15) is 0 Å². The van der Waals surface area contributed by atoms with Gasteiger partial charge >= 0.3 is 5.97 Å². The van der Waals surface area contributed by atoms with Crippen molar-refractivity contribution < 1.29 is 14.6 Å². The molecule has 116 valence electrons. The maximum Gasteiger partial charge on any atom is 0.335 e. The van der Waals surface area contributed by atoms with Gasteiger partial charge in [0, 0.05) is 19.6 Å². The van der Waals surface area contributed by atoms with Gasteiger partial charge in [0.2, 0.25) is 0 Å². The van der Waals surface area contributed by atoms with Gasteiger partial charge in [-0.15, -0.1) is 0 Å². The third kappa shape index (κ3) is 5.05. The zero-order chi connectivity index (χ0) is 15.2. The van der Waals surface area contributed by atoms with Gasteiger partial charge < -0.3 is 14.7 Å². The Morgan fingerprint density at radius 3 is 2.71 bits per heavy atom. The molecule has 0 spiro atoms. The highest BCUT2D eigenvalue weighted by Crippen LogP contribution is 2.21. The van der Waals surface area contributed by atoms with Crippen molar-refractivity contribution in [2.45, 2.75) is 26.7 Å². The second-order valence-electron chi connectivity index (χ2n) is 6.24. The standard InChI is InChI=1S/C17H25NO3/c1-13-9-14(2)12-18(11-13)7-4-8-21-16-6-3-5-15(10-16)17(19)20/h3,5-6,10,13-14H,4,7-9,11-12H2,1-2H3,(H,19,20)/t13-,14+. The van der Waals surface area contributed by atoms with E-state index >= 15 is 0 Å². The van der Waals surface area contributed by atoms with Crippen LogP contribution >= 0.6 is 0 Å². The summed E-state index contributed by atoms with van der Waals surface area (Å²) in [7, 11) is 0. The van der Waals surface area contributed by atoms with Gasteiger partial charge in [0.15, 0.2) is 0 Å². The van der Waals surface area contributed by atoms with Crippen LogP contribution in [0.2, 0.25) is 0 Å². The van der Waals surface area contributed by atoms with E-state index in [-0.39, 0.29) is 5.56 Å². The van der Waals surface area contributed by atoms with E-state index in [1.54, 1.807) is 24.3 Å². The number of carbonyl (C=O) groups is 1. The van der Waals surface area contributed by atoms with Gasteiger partial charge in [-0.05, 0) is 42.9 Å². The van der Waals surface area contributed by atoms with Crippen molar-refractivity contribution >= 4 is 5.97 Å². The van der Waals surface area contributed by atoms with E-state index in [1.165, 1.54) is 19.5 Å². The summed E-state index contributed by atoms with van der Waals surface area (Å²) in [5.41, 5.74) is 0.270. The van der Waals surface area contributed by atoms with E-state index in [0.29, 0.717) is 12.4 Å². The summed E-state index contributed by atoms with van der Waals surface area (Å²) in [5, 5.41) is 8.94. The van der Waals surface area contributed by atoms with E-state index < -0.39 is 5.97 Å². The van der Waals surface area contributed by atoms with Crippen LogP contribution in [0.4, 0.5) is 0 Å². The van der Waals surface area contributed by atoms with Crippen LogP contribution in [0.1, 0.15) is 37.0 Å². The highest BCUT2D eigenvalue weighted by atomic mass is 16.5. The van der Waals surface area contributed by atoms with Gasteiger partial charge in [-0.1, -0.05) is 19.9 Å². The molecule has 0 aromatic heterocycles. The number of benzene rings is 1. The van der Waals surface area contributed by atoms with Crippen LogP contribution in [0.15, 0.2) is 24.3 Å². The van der Waals surface area contributed by atoms with Crippen molar-refractivity contribution in [3.63, 3.8) is 0 Å².